The summed E-state index contributed by atoms with van der Waals surface area (Å²) in [7, 11) is 0. The van der Waals surface area contributed by atoms with E-state index in [0.717, 1.165) is 53.6 Å². The molecule has 0 aliphatic carbocycles. The van der Waals surface area contributed by atoms with Crippen LogP contribution < -0.4 is 0 Å². The Labute approximate surface area is 136 Å². The van der Waals surface area contributed by atoms with Gasteiger partial charge in [0.2, 0.25) is 0 Å². The van der Waals surface area contributed by atoms with Crippen molar-refractivity contribution in [2.75, 3.05) is 38.1 Å². The zero-order valence-corrected chi connectivity index (χ0v) is 14.6. The Bertz CT molecular complexity index is 424. The molecule has 1 aromatic rings. The van der Waals surface area contributed by atoms with E-state index in [-0.39, 0.29) is 5.91 Å². The van der Waals surface area contributed by atoms with Gasteiger partial charge in [-0.1, -0.05) is 15.9 Å². The first-order valence-corrected chi connectivity index (χ1v) is 8.74. The lowest BCUT2D eigenvalue weighted by molar-refractivity contribution is 0.0762. The number of halogens is 2. The van der Waals surface area contributed by atoms with Crippen LogP contribution in [0, 0.1) is 3.57 Å². The molecule has 19 heavy (non-hydrogen) atoms. The zero-order valence-electron chi connectivity index (χ0n) is 10.8. The van der Waals surface area contributed by atoms with Crippen molar-refractivity contribution in [3.05, 3.63) is 33.4 Å². The quantitative estimate of drug-likeness (QED) is 0.537. The average molecular weight is 437 g/mol. The van der Waals surface area contributed by atoms with Crippen molar-refractivity contribution in [1.82, 2.24) is 9.80 Å². The topological polar surface area (TPSA) is 23.6 Å². The van der Waals surface area contributed by atoms with Gasteiger partial charge in [-0.3, -0.25) is 4.79 Å². The maximum absolute atomic E-state index is 12.4. The summed E-state index contributed by atoms with van der Waals surface area (Å²) in [6.45, 7) is 4.82. The summed E-state index contributed by atoms with van der Waals surface area (Å²) in [5.41, 5.74) is 0.800. The summed E-state index contributed by atoms with van der Waals surface area (Å²) in [6.07, 6.45) is 1.06. The zero-order chi connectivity index (χ0) is 13.7. The fourth-order valence-electron chi connectivity index (χ4n) is 2.29. The Hall–Kier alpha value is -0.140. The van der Waals surface area contributed by atoms with Crippen LogP contribution in [0.15, 0.2) is 24.3 Å². The summed E-state index contributed by atoms with van der Waals surface area (Å²) >= 11 is 5.73. The van der Waals surface area contributed by atoms with Gasteiger partial charge in [-0.25, -0.2) is 0 Å². The molecule has 104 valence electrons. The Morgan fingerprint density at radius 1 is 1.16 bits per heavy atom. The maximum Gasteiger partial charge on any atom is 0.253 e. The number of nitrogens with zero attached hydrogens (tertiary/aromatic N) is 2. The highest BCUT2D eigenvalue weighted by Gasteiger charge is 2.19. The van der Waals surface area contributed by atoms with Crippen LogP contribution in [0.1, 0.15) is 16.8 Å². The van der Waals surface area contributed by atoms with Gasteiger partial charge in [0, 0.05) is 40.6 Å². The highest BCUT2D eigenvalue weighted by molar-refractivity contribution is 14.1. The van der Waals surface area contributed by atoms with Crippen molar-refractivity contribution < 1.29 is 4.79 Å². The monoisotopic (exact) mass is 436 g/mol. The second-order valence-electron chi connectivity index (χ2n) is 4.68. The summed E-state index contributed by atoms with van der Waals surface area (Å²) in [5.74, 6) is 0.164. The molecule has 1 aliphatic rings. The van der Waals surface area contributed by atoms with E-state index in [9.17, 15) is 4.79 Å². The van der Waals surface area contributed by atoms with Gasteiger partial charge in [0.1, 0.15) is 0 Å². The van der Waals surface area contributed by atoms with Crippen molar-refractivity contribution >= 4 is 44.4 Å². The molecule has 1 amide bonds. The normalized spacial score (nSPS) is 17.3. The lowest BCUT2D eigenvalue weighted by Crippen LogP contribution is -2.35. The van der Waals surface area contributed by atoms with Crippen LogP contribution >= 0.6 is 38.5 Å². The summed E-state index contributed by atoms with van der Waals surface area (Å²) in [4.78, 5) is 16.8. The molecule has 1 fully saturated rings. The number of alkyl halides is 1. The molecule has 0 bridgehead atoms. The van der Waals surface area contributed by atoms with E-state index >= 15 is 0 Å². The lowest BCUT2D eigenvalue weighted by atomic mass is 10.2. The highest BCUT2D eigenvalue weighted by Crippen LogP contribution is 2.12. The van der Waals surface area contributed by atoms with E-state index in [1.165, 1.54) is 0 Å². The van der Waals surface area contributed by atoms with Crippen LogP contribution in [0.2, 0.25) is 0 Å². The number of rotatable bonds is 3. The molecule has 1 aromatic carbocycles. The Balaban J connectivity index is 1.98. The van der Waals surface area contributed by atoms with E-state index in [1.54, 1.807) is 0 Å². The summed E-state index contributed by atoms with van der Waals surface area (Å²) < 4.78 is 1.16. The molecule has 0 spiro atoms. The smallest absolute Gasteiger partial charge is 0.253 e. The van der Waals surface area contributed by atoms with Crippen LogP contribution in [-0.4, -0.2) is 53.8 Å². The van der Waals surface area contributed by atoms with Crippen molar-refractivity contribution in [2.24, 2.45) is 0 Å². The Morgan fingerprint density at radius 3 is 2.58 bits per heavy atom. The molecule has 1 saturated heterocycles. The fraction of sp³-hybridized carbons (Fsp3) is 0.500. The van der Waals surface area contributed by atoms with Crippen LogP contribution in [0.4, 0.5) is 0 Å². The molecule has 3 nitrogen and oxygen atoms in total. The summed E-state index contributed by atoms with van der Waals surface area (Å²) in [5, 5.41) is 0.998. The van der Waals surface area contributed by atoms with Crippen molar-refractivity contribution in [3.8, 4) is 0 Å². The number of amides is 1. The van der Waals surface area contributed by atoms with Crippen molar-refractivity contribution in [1.29, 1.82) is 0 Å². The predicted octanol–water partition coefficient (Wildman–Crippen LogP) is 2.83. The highest BCUT2D eigenvalue weighted by atomic mass is 127. The van der Waals surface area contributed by atoms with E-state index in [1.807, 2.05) is 29.2 Å². The largest absolute Gasteiger partial charge is 0.337 e. The van der Waals surface area contributed by atoms with E-state index < -0.39 is 0 Å². The van der Waals surface area contributed by atoms with Crippen LogP contribution in [0.5, 0.6) is 0 Å². The molecule has 0 saturated carbocycles. The molecule has 0 aromatic heterocycles. The molecule has 5 heteroatoms. The maximum atomic E-state index is 12.4. The minimum absolute atomic E-state index is 0.164. The minimum atomic E-state index is 0.164. The standard InChI is InChI=1S/C14H18BrIN2O/c15-6-9-17-7-1-8-18(11-10-17)14(19)12-2-4-13(16)5-3-12/h2-5H,1,6-11H2. The molecular weight excluding hydrogens is 419 g/mol. The van der Waals surface area contributed by atoms with Gasteiger partial charge in [-0.15, -0.1) is 0 Å². The third-order valence-electron chi connectivity index (χ3n) is 3.37. The van der Waals surface area contributed by atoms with Gasteiger partial charge in [0.05, 0.1) is 0 Å². The first-order valence-electron chi connectivity index (χ1n) is 6.54. The summed E-state index contributed by atoms with van der Waals surface area (Å²) in [6, 6.07) is 7.82. The van der Waals surface area contributed by atoms with Crippen molar-refractivity contribution in [2.45, 2.75) is 6.42 Å². The fourth-order valence-corrected chi connectivity index (χ4v) is 3.15. The molecule has 0 unspecified atom stereocenters. The van der Waals surface area contributed by atoms with Crippen LogP contribution in [0.25, 0.3) is 0 Å². The van der Waals surface area contributed by atoms with Crippen molar-refractivity contribution in [3.63, 3.8) is 0 Å². The molecule has 0 radical (unpaired) electrons. The number of carbonyl (C=O) groups is 1. The van der Waals surface area contributed by atoms with Gasteiger partial charge in [-0.2, -0.15) is 0 Å². The van der Waals surface area contributed by atoms with Gasteiger partial charge in [-0.05, 0) is 59.8 Å². The number of hydrogen-bond acceptors (Lipinski definition) is 2. The molecule has 0 N–H and O–H groups in total. The molecule has 0 atom stereocenters. The van der Waals surface area contributed by atoms with Gasteiger partial charge in [0.15, 0.2) is 0 Å². The van der Waals surface area contributed by atoms with E-state index in [4.69, 9.17) is 0 Å². The second-order valence-corrected chi connectivity index (χ2v) is 6.72. The van der Waals surface area contributed by atoms with E-state index in [2.05, 4.69) is 43.4 Å². The number of carbonyl (C=O) groups excluding carboxylic acids is 1. The molecule has 2 rings (SSSR count). The Morgan fingerprint density at radius 2 is 1.89 bits per heavy atom. The molecular formula is C14H18BrIN2O. The molecule has 1 heterocycles. The van der Waals surface area contributed by atoms with E-state index in [0.29, 0.717) is 0 Å². The van der Waals surface area contributed by atoms with Gasteiger partial charge in [0.25, 0.3) is 5.91 Å². The number of hydrogen-bond donors (Lipinski definition) is 0. The second kappa shape index (κ2) is 7.59. The lowest BCUT2D eigenvalue weighted by Gasteiger charge is -2.21. The third kappa shape index (κ3) is 4.43. The van der Waals surface area contributed by atoms with Gasteiger partial charge < -0.3 is 9.80 Å². The van der Waals surface area contributed by atoms with Crippen LogP contribution in [0.3, 0.4) is 0 Å². The van der Waals surface area contributed by atoms with Crippen LogP contribution in [-0.2, 0) is 0 Å². The molecule has 1 aliphatic heterocycles. The predicted molar refractivity (Wildman–Crippen MR) is 89.9 cm³/mol. The number of benzene rings is 1. The third-order valence-corrected chi connectivity index (χ3v) is 4.44. The first-order chi connectivity index (χ1) is 9.20. The average Bonchev–Trinajstić information content (AvgIpc) is 2.65. The first kappa shape index (κ1) is 15.3. The minimum Gasteiger partial charge on any atom is -0.337 e. The Kier molecular flexibility index (Phi) is 6.09. The SMILES string of the molecule is O=C(c1ccc(I)cc1)N1CCCN(CCBr)CC1. The van der Waals surface area contributed by atoms with Gasteiger partial charge >= 0.3 is 0 Å².